The molecule has 5 rings (SSSR count). The number of fused-ring (bicyclic) bond motifs is 1. The lowest BCUT2D eigenvalue weighted by Crippen LogP contribution is -2.44. The normalized spacial score (nSPS) is 10.7. The third-order valence-corrected chi connectivity index (χ3v) is 5.20. The highest BCUT2D eigenvalue weighted by Crippen LogP contribution is 2.20. The van der Waals surface area contributed by atoms with E-state index in [1.165, 1.54) is 10.9 Å². The second-order valence-electron chi connectivity index (χ2n) is 7.57. The lowest BCUT2D eigenvalue weighted by molar-refractivity contribution is -0.122. The van der Waals surface area contributed by atoms with Crippen molar-refractivity contribution in [2.75, 3.05) is 0 Å². The molecule has 35 heavy (non-hydrogen) atoms. The van der Waals surface area contributed by atoms with Crippen LogP contribution >= 0.6 is 0 Å². The quantitative estimate of drug-likeness (QED) is 0.383. The number of hydrogen-bond acceptors (Lipinski definition) is 6. The molecule has 10 heteroatoms. The van der Waals surface area contributed by atoms with Crippen molar-refractivity contribution in [2.45, 2.75) is 6.54 Å². The van der Waals surface area contributed by atoms with E-state index in [4.69, 9.17) is 0 Å². The topological polar surface area (TPSA) is 124 Å². The number of para-hydroxylation sites is 2. The van der Waals surface area contributed by atoms with Gasteiger partial charge in [0.15, 0.2) is 5.82 Å². The first-order valence-electron chi connectivity index (χ1n) is 10.7. The number of rotatable bonds is 5. The van der Waals surface area contributed by atoms with Crippen LogP contribution in [-0.4, -0.2) is 36.1 Å². The number of nitrogens with one attached hydrogen (secondary N) is 2. The molecule has 0 unspecified atom stereocenters. The van der Waals surface area contributed by atoms with Gasteiger partial charge in [-0.25, -0.2) is 14.6 Å². The molecule has 0 aliphatic carbocycles. The Hall–Kier alpha value is -5.12. The van der Waals surface area contributed by atoms with Gasteiger partial charge >= 0.3 is 5.91 Å². The molecule has 0 atom stereocenters. The Morgan fingerprint density at radius 2 is 1.51 bits per heavy atom. The summed E-state index contributed by atoms with van der Waals surface area (Å²) in [5, 5.41) is 4.74. The first-order chi connectivity index (χ1) is 17.1. The zero-order valence-corrected chi connectivity index (χ0v) is 18.3. The van der Waals surface area contributed by atoms with Crippen LogP contribution in [0.15, 0.2) is 96.1 Å². The van der Waals surface area contributed by atoms with Crippen molar-refractivity contribution in [3.63, 3.8) is 0 Å². The summed E-state index contributed by atoms with van der Waals surface area (Å²) in [5.41, 5.74) is 6.29. The summed E-state index contributed by atoms with van der Waals surface area (Å²) < 4.78 is 2.73. The predicted octanol–water partition coefficient (Wildman–Crippen LogP) is 2.11. The van der Waals surface area contributed by atoms with Crippen molar-refractivity contribution < 1.29 is 9.59 Å². The van der Waals surface area contributed by atoms with Crippen LogP contribution in [0.3, 0.4) is 0 Å². The summed E-state index contributed by atoms with van der Waals surface area (Å²) in [4.78, 5) is 46.3. The van der Waals surface area contributed by atoms with Gasteiger partial charge in [-0.05, 0) is 24.3 Å². The van der Waals surface area contributed by atoms with Crippen LogP contribution in [0.1, 0.15) is 10.6 Å². The largest absolute Gasteiger partial charge is 0.309 e. The lowest BCUT2D eigenvalue weighted by Gasteiger charge is -2.08. The molecule has 2 N–H and O–H groups in total. The molecule has 2 aromatic heterocycles. The molecule has 2 heterocycles. The van der Waals surface area contributed by atoms with Crippen LogP contribution < -0.4 is 16.4 Å². The minimum Gasteiger partial charge on any atom is -0.289 e. The molecule has 2 amide bonds. The second-order valence-corrected chi connectivity index (χ2v) is 7.57. The van der Waals surface area contributed by atoms with Gasteiger partial charge in [0.1, 0.15) is 6.54 Å². The fourth-order valence-electron chi connectivity index (χ4n) is 3.53. The van der Waals surface area contributed by atoms with E-state index in [-0.39, 0.29) is 17.9 Å². The molecule has 172 valence electrons. The fourth-order valence-corrected chi connectivity index (χ4v) is 3.53. The minimum absolute atomic E-state index is 0.127. The fraction of sp³-hybridized carbons (Fsp3) is 0.0400. The van der Waals surface area contributed by atoms with Crippen LogP contribution in [0.4, 0.5) is 0 Å². The number of aromatic nitrogens is 5. The molecule has 0 aliphatic rings. The van der Waals surface area contributed by atoms with Gasteiger partial charge in [-0.15, -0.1) is 5.10 Å². The average molecular weight is 465 g/mol. The van der Waals surface area contributed by atoms with Crippen LogP contribution in [-0.2, 0) is 11.3 Å². The van der Waals surface area contributed by atoms with Gasteiger partial charge < -0.3 is 0 Å². The molecule has 10 nitrogen and oxygen atoms in total. The van der Waals surface area contributed by atoms with Gasteiger partial charge in [0.05, 0.1) is 22.9 Å². The first kappa shape index (κ1) is 21.7. The highest BCUT2D eigenvalue weighted by Gasteiger charge is 2.19. The standard InChI is InChI=1S/C25H19N7O3/c33-21(15-31-16-26-20-14-8-7-13-19(20)25(31)35)28-29-24(34)22-27-23(17-9-3-1-4-10-17)32(30-22)18-11-5-2-6-12-18/h1-14,16H,15H2,(H,28,33)(H,29,34). The summed E-state index contributed by atoms with van der Waals surface area (Å²) in [6.07, 6.45) is 1.29. The number of nitrogens with zero attached hydrogens (tertiary/aromatic N) is 5. The molecular formula is C25H19N7O3. The molecule has 0 bridgehead atoms. The maximum atomic E-state index is 12.7. The van der Waals surface area contributed by atoms with Crippen LogP contribution in [0.5, 0.6) is 0 Å². The van der Waals surface area contributed by atoms with E-state index in [0.717, 1.165) is 11.3 Å². The number of carbonyl (C=O) groups excluding carboxylic acids is 2. The molecule has 0 aliphatic heterocycles. The molecular weight excluding hydrogens is 446 g/mol. The highest BCUT2D eigenvalue weighted by molar-refractivity contribution is 5.92. The highest BCUT2D eigenvalue weighted by atomic mass is 16.2. The summed E-state index contributed by atoms with van der Waals surface area (Å²) in [5.74, 6) is -0.961. The zero-order valence-electron chi connectivity index (χ0n) is 18.3. The number of carbonyl (C=O) groups is 2. The van der Waals surface area contributed by atoms with Crippen LogP contribution in [0.2, 0.25) is 0 Å². The molecule has 3 aromatic carbocycles. The van der Waals surface area contributed by atoms with Gasteiger partial charge in [0.25, 0.3) is 11.5 Å². The van der Waals surface area contributed by atoms with Crippen molar-refractivity contribution in [3.05, 3.63) is 107 Å². The summed E-state index contributed by atoms with van der Waals surface area (Å²) >= 11 is 0. The van der Waals surface area contributed by atoms with E-state index in [2.05, 4.69) is 25.9 Å². The third-order valence-electron chi connectivity index (χ3n) is 5.20. The van der Waals surface area contributed by atoms with Gasteiger partial charge in [0.2, 0.25) is 5.82 Å². The number of hydrazine groups is 1. The van der Waals surface area contributed by atoms with Crippen molar-refractivity contribution in [2.24, 2.45) is 0 Å². The zero-order chi connectivity index (χ0) is 24.2. The molecule has 0 fully saturated rings. The Kier molecular flexibility index (Phi) is 5.83. The smallest absolute Gasteiger partial charge is 0.289 e. The Morgan fingerprint density at radius 1 is 0.829 bits per heavy atom. The Labute approximate surface area is 198 Å². The van der Waals surface area contributed by atoms with Crippen molar-refractivity contribution in [3.8, 4) is 17.1 Å². The molecule has 5 aromatic rings. The number of benzene rings is 3. The van der Waals surface area contributed by atoms with Crippen LogP contribution in [0.25, 0.3) is 28.0 Å². The van der Waals surface area contributed by atoms with E-state index in [1.54, 1.807) is 28.9 Å². The van der Waals surface area contributed by atoms with E-state index >= 15 is 0 Å². The molecule has 0 saturated heterocycles. The maximum Gasteiger partial charge on any atom is 0.309 e. The van der Waals surface area contributed by atoms with Crippen molar-refractivity contribution >= 4 is 22.7 Å². The third kappa shape index (κ3) is 4.53. The summed E-state index contributed by atoms with van der Waals surface area (Å²) in [6.45, 7) is -0.321. The SMILES string of the molecule is O=C(Cn1cnc2ccccc2c1=O)NNC(=O)c1nc(-c2ccccc2)n(-c2ccccc2)n1. The van der Waals surface area contributed by atoms with Gasteiger partial charge in [-0.1, -0.05) is 60.7 Å². The Bertz CT molecular complexity index is 1520. The van der Waals surface area contributed by atoms with Crippen molar-refractivity contribution in [1.82, 2.24) is 35.2 Å². The average Bonchev–Trinajstić information content (AvgIpc) is 3.36. The monoisotopic (exact) mass is 465 g/mol. The molecule has 0 saturated carbocycles. The first-order valence-corrected chi connectivity index (χ1v) is 10.7. The van der Waals surface area contributed by atoms with E-state index < -0.39 is 11.8 Å². The number of amides is 2. The predicted molar refractivity (Wildman–Crippen MR) is 128 cm³/mol. The van der Waals surface area contributed by atoms with E-state index in [1.807, 2.05) is 60.7 Å². The van der Waals surface area contributed by atoms with Crippen molar-refractivity contribution in [1.29, 1.82) is 0 Å². The van der Waals surface area contributed by atoms with Gasteiger partial charge in [-0.2, -0.15) is 0 Å². The van der Waals surface area contributed by atoms with E-state index in [0.29, 0.717) is 16.7 Å². The molecule has 0 radical (unpaired) electrons. The van der Waals surface area contributed by atoms with Gasteiger partial charge in [0, 0.05) is 5.56 Å². The van der Waals surface area contributed by atoms with E-state index in [9.17, 15) is 14.4 Å². The van der Waals surface area contributed by atoms with Gasteiger partial charge in [-0.3, -0.25) is 29.8 Å². The van der Waals surface area contributed by atoms with Crippen LogP contribution in [0, 0.1) is 0 Å². The Balaban J connectivity index is 1.33. The number of hydrogen-bond donors (Lipinski definition) is 2. The minimum atomic E-state index is -0.700. The lowest BCUT2D eigenvalue weighted by atomic mass is 10.2. The molecule has 0 spiro atoms. The summed E-state index contributed by atoms with van der Waals surface area (Å²) in [7, 11) is 0. The Morgan fingerprint density at radius 3 is 2.29 bits per heavy atom. The summed E-state index contributed by atoms with van der Waals surface area (Å²) in [6, 6.07) is 25.5. The second kappa shape index (κ2) is 9.40. The maximum absolute atomic E-state index is 12.7.